The minimum absolute atomic E-state index is 0.0652. The molecule has 7 heteroatoms. The molecule has 0 aromatic heterocycles. The number of imide groups is 1. The van der Waals surface area contributed by atoms with Crippen molar-refractivity contribution in [3.63, 3.8) is 0 Å². The van der Waals surface area contributed by atoms with Crippen LogP contribution in [0.25, 0.3) is 11.1 Å². The molecule has 3 aromatic rings. The zero-order valence-electron chi connectivity index (χ0n) is 21.1. The van der Waals surface area contributed by atoms with Crippen LogP contribution in [0.3, 0.4) is 0 Å². The molecule has 3 aliphatic rings. The number of allylic oxidation sites excluding steroid dienone is 2. The van der Waals surface area contributed by atoms with E-state index in [4.69, 9.17) is 0 Å². The Morgan fingerprint density at radius 1 is 0.789 bits per heavy atom. The van der Waals surface area contributed by atoms with Gasteiger partial charge in [-0.05, 0) is 47.8 Å². The lowest BCUT2D eigenvalue weighted by Crippen LogP contribution is -2.41. The highest BCUT2D eigenvalue weighted by atomic mass is 16.6. The molecule has 0 N–H and O–H groups in total. The van der Waals surface area contributed by atoms with Gasteiger partial charge in [0.15, 0.2) is 5.78 Å². The van der Waals surface area contributed by atoms with Crippen LogP contribution in [-0.2, 0) is 14.4 Å². The number of carbonyl (C=O) groups is 3. The van der Waals surface area contributed by atoms with Gasteiger partial charge >= 0.3 is 0 Å². The summed E-state index contributed by atoms with van der Waals surface area (Å²) < 4.78 is 0. The molecule has 190 valence electrons. The maximum Gasteiger partial charge on any atom is 0.269 e. The lowest BCUT2D eigenvalue weighted by atomic mass is 9.61. The van der Waals surface area contributed by atoms with Crippen molar-refractivity contribution in [2.24, 2.45) is 22.7 Å². The van der Waals surface area contributed by atoms with Crippen LogP contribution in [0.5, 0.6) is 0 Å². The van der Waals surface area contributed by atoms with E-state index in [0.717, 1.165) is 27.2 Å². The third kappa shape index (κ3) is 2.87. The third-order valence-corrected chi connectivity index (χ3v) is 8.64. The highest BCUT2D eigenvalue weighted by molar-refractivity contribution is 6.34. The summed E-state index contributed by atoms with van der Waals surface area (Å²) >= 11 is 0. The second-order valence-corrected chi connectivity index (χ2v) is 10.5. The number of anilines is 1. The van der Waals surface area contributed by atoms with Crippen molar-refractivity contribution in [2.75, 3.05) is 4.90 Å². The number of nitro groups is 1. The van der Waals surface area contributed by atoms with Gasteiger partial charge in [0, 0.05) is 12.1 Å². The number of amides is 2. The number of carbonyl (C=O) groups excluding carboxylic acids is 3. The van der Waals surface area contributed by atoms with Gasteiger partial charge in [0.25, 0.3) is 5.69 Å². The van der Waals surface area contributed by atoms with Crippen LogP contribution < -0.4 is 4.90 Å². The Morgan fingerprint density at radius 2 is 1.32 bits per heavy atom. The van der Waals surface area contributed by atoms with Crippen molar-refractivity contribution >= 4 is 40.1 Å². The average Bonchev–Trinajstić information content (AvgIpc) is 3.39. The lowest BCUT2D eigenvalue weighted by molar-refractivity contribution is -0.384. The minimum atomic E-state index is -1.20. The molecule has 3 aromatic carbocycles. The maximum absolute atomic E-state index is 14.6. The number of benzene rings is 3. The van der Waals surface area contributed by atoms with Crippen LogP contribution in [0.1, 0.15) is 37.8 Å². The van der Waals surface area contributed by atoms with E-state index in [0.29, 0.717) is 12.8 Å². The predicted molar refractivity (Wildman–Crippen MR) is 143 cm³/mol. The van der Waals surface area contributed by atoms with Crippen molar-refractivity contribution in [3.8, 4) is 0 Å². The number of rotatable bonds is 6. The molecule has 1 saturated heterocycles. The van der Waals surface area contributed by atoms with E-state index < -0.39 is 39.4 Å². The summed E-state index contributed by atoms with van der Waals surface area (Å²) in [4.78, 5) is 54.7. The standard InChI is InChI=1S/C31H26N2O5/c1-3-18-31-24(20-12-8-5-9-13-20)23(19-10-6-4-7-11-19)30(2,29(31)36)25-26(31)28(35)32(27(25)34)21-14-16-22(17-15-21)33(37)38/h4-17,25-26H,3,18H2,1-2H3. The fraction of sp³-hybridized carbons (Fsp3) is 0.258. The van der Waals surface area contributed by atoms with E-state index in [9.17, 15) is 24.5 Å². The fourth-order valence-corrected chi connectivity index (χ4v) is 7.34. The van der Waals surface area contributed by atoms with Crippen LogP contribution in [0.15, 0.2) is 84.9 Å². The van der Waals surface area contributed by atoms with Gasteiger partial charge in [-0.2, -0.15) is 0 Å². The number of non-ortho nitro benzene ring substituents is 1. The number of hydrogen-bond donors (Lipinski definition) is 0. The highest BCUT2D eigenvalue weighted by Crippen LogP contribution is 2.74. The van der Waals surface area contributed by atoms with Gasteiger partial charge in [-0.25, -0.2) is 4.90 Å². The first-order valence-corrected chi connectivity index (χ1v) is 12.8. The van der Waals surface area contributed by atoms with Gasteiger partial charge in [0.05, 0.1) is 33.3 Å². The Balaban J connectivity index is 1.61. The highest BCUT2D eigenvalue weighted by Gasteiger charge is 2.80. The molecule has 2 amide bonds. The number of Topliss-reactive ketones (excluding diaryl/α,β-unsaturated/α-hetero) is 1. The summed E-state index contributed by atoms with van der Waals surface area (Å²) in [6, 6.07) is 24.8. The molecule has 4 unspecified atom stereocenters. The summed E-state index contributed by atoms with van der Waals surface area (Å²) in [5, 5.41) is 11.2. The van der Waals surface area contributed by atoms with E-state index in [1.54, 1.807) is 0 Å². The number of hydrogen-bond acceptors (Lipinski definition) is 5. The van der Waals surface area contributed by atoms with Gasteiger partial charge in [0.1, 0.15) is 0 Å². The van der Waals surface area contributed by atoms with Crippen LogP contribution in [0.4, 0.5) is 11.4 Å². The maximum atomic E-state index is 14.6. The number of ketones is 1. The van der Waals surface area contributed by atoms with Crippen molar-refractivity contribution in [1.82, 2.24) is 0 Å². The van der Waals surface area contributed by atoms with Crippen molar-refractivity contribution in [1.29, 1.82) is 0 Å². The molecule has 7 nitrogen and oxygen atoms in total. The fourth-order valence-electron chi connectivity index (χ4n) is 7.34. The van der Waals surface area contributed by atoms with E-state index in [2.05, 4.69) is 0 Å². The molecule has 2 bridgehead atoms. The molecule has 1 heterocycles. The summed E-state index contributed by atoms with van der Waals surface area (Å²) in [6.07, 6.45) is 1.10. The normalized spacial score (nSPS) is 27.8. The van der Waals surface area contributed by atoms with E-state index in [1.165, 1.54) is 24.3 Å². The van der Waals surface area contributed by atoms with Crippen LogP contribution in [0.2, 0.25) is 0 Å². The third-order valence-electron chi connectivity index (χ3n) is 8.64. The van der Waals surface area contributed by atoms with E-state index in [-0.39, 0.29) is 17.2 Å². The van der Waals surface area contributed by atoms with E-state index >= 15 is 0 Å². The van der Waals surface area contributed by atoms with Crippen LogP contribution in [0, 0.1) is 32.8 Å². The lowest BCUT2D eigenvalue weighted by Gasteiger charge is -2.37. The minimum Gasteiger partial charge on any atom is -0.298 e. The molecule has 0 radical (unpaired) electrons. The molecule has 0 spiro atoms. The predicted octanol–water partition coefficient (Wildman–Crippen LogP) is 5.70. The Labute approximate surface area is 219 Å². The molecule has 2 aliphatic carbocycles. The van der Waals surface area contributed by atoms with Gasteiger partial charge in [-0.3, -0.25) is 24.5 Å². The SMILES string of the molecule is CCCC12C(=O)C(C)(C(c3ccccc3)=C1c1ccccc1)C1C(=O)N(c3ccc([N+](=O)[O-])cc3)C(=O)C12. The molecule has 1 saturated carbocycles. The molecule has 38 heavy (non-hydrogen) atoms. The number of nitrogens with zero attached hydrogens (tertiary/aromatic N) is 2. The van der Waals surface area contributed by atoms with Gasteiger partial charge in [-0.1, -0.05) is 74.0 Å². The molecule has 2 fully saturated rings. The smallest absolute Gasteiger partial charge is 0.269 e. The summed E-state index contributed by atoms with van der Waals surface area (Å²) in [7, 11) is 0. The first-order valence-electron chi connectivity index (χ1n) is 12.8. The van der Waals surface area contributed by atoms with E-state index in [1.807, 2.05) is 74.5 Å². The second-order valence-electron chi connectivity index (χ2n) is 10.5. The zero-order valence-corrected chi connectivity index (χ0v) is 21.1. The molecule has 1 aliphatic heterocycles. The average molecular weight is 507 g/mol. The van der Waals surface area contributed by atoms with Gasteiger partial charge in [-0.15, -0.1) is 0 Å². The van der Waals surface area contributed by atoms with Crippen molar-refractivity contribution < 1.29 is 19.3 Å². The summed E-state index contributed by atoms with van der Waals surface area (Å²) in [5.74, 6) is -2.61. The first-order chi connectivity index (χ1) is 18.3. The Kier molecular flexibility index (Phi) is 5.24. The van der Waals surface area contributed by atoms with Crippen LogP contribution >= 0.6 is 0 Å². The quantitative estimate of drug-likeness (QED) is 0.243. The second kappa shape index (κ2) is 8.31. The molecule has 4 atom stereocenters. The number of fused-ring (bicyclic) bond motifs is 5. The summed E-state index contributed by atoms with van der Waals surface area (Å²) in [6.45, 7) is 3.82. The topological polar surface area (TPSA) is 97.6 Å². The van der Waals surface area contributed by atoms with Gasteiger partial charge < -0.3 is 0 Å². The monoisotopic (exact) mass is 506 g/mol. The molecular weight excluding hydrogens is 480 g/mol. The number of nitro benzene ring substituents is 1. The zero-order chi connectivity index (χ0) is 26.8. The Bertz CT molecular complexity index is 1530. The van der Waals surface area contributed by atoms with Crippen molar-refractivity contribution in [2.45, 2.75) is 26.7 Å². The molecular formula is C31H26N2O5. The Hall–Kier alpha value is -4.39. The van der Waals surface area contributed by atoms with Gasteiger partial charge in [0.2, 0.25) is 11.8 Å². The summed E-state index contributed by atoms with van der Waals surface area (Å²) in [5.41, 5.74) is 1.21. The Morgan fingerprint density at radius 3 is 1.84 bits per heavy atom. The van der Waals surface area contributed by atoms with Crippen molar-refractivity contribution in [3.05, 3.63) is 106 Å². The van der Waals surface area contributed by atoms with Crippen LogP contribution in [-0.4, -0.2) is 22.5 Å². The molecule has 6 rings (SSSR count). The largest absolute Gasteiger partial charge is 0.298 e. The first kappa shape index (κ1) is 24.0.